The van der Waals surface area contributed by atoms with E-state index in [0.29, 0.717) is 25.6 Å². The predicted octanol–water partition coefficient (Wildman–Crippen LogP) is 1.27. The normalized spacial score (nSPS) is 12.2. The van der Waals surface area contributed by atoms with E-state index in [1.807, 2.05) is 11.8 Å². The maximum absolute atomic E-state index is 11.0. The molecular weight excluding hydrogens is 248 g/mol. The predicted molar refractivity (Wildman–Crippen MR) is 71.8 cm³/mol. The first-order valence-corrected chi connectivity index (χ1v) is 6.05. The number of methoxy groups -OCH3 is 2. The van der Waals surface area contributed by atoms with E-state index in [-0.39, 0.29) is 11.7 Å². The molecule has 0 aliphatic carbocycles. The molecule has 0 fully saturated rings. The van der Waals surface area contributed by atoms with E-state index >= 15 is 0 Å². The van der Waals surface area contributed by atoms with Gasteiger partial charge in [0.2, 0.25) is 0 Å². The van der Waals surface area contributed by atoms with E-state index in [9.17, 15) is 4.79 Å². The highest BCUT2D eigenvalue weighted by Crippen LogP contribution is 2.15. The van der Waals surface area contributed by atoms with Gasteiger partial charge in [0, 0.05) is 20.8 Å². The molecule has 1 aromatic rings. The number of hydrogen-bond donors (Lipinski definition) is 1. The first-order valence-electron chi connectivity index (χ1n) is 6.05. The maximum Gasteiger partial charge on any atom is 0.354 e. The van der Waals surface area contributed by atoms with Crippen molar-refractivity contribution in [3.05, 3.63) is 23.9 Å². The minimum Gasteiger partial charge on any atom is -0.477 e. The number of carboxylic acid groups (broad SMARTS) is 1. The molecule has 0 spiro atoms. The summed E-state index contributed by atoms with van der Waals surface area (Å²) in [5.41, 5.74) is 0.0320. The minimum atomic E-state index is -1.03. The van der Waals surface area contributed by atoms with Gasteiger partial charge in [0.15, 0.2) is 5.69 Å². The number of anilines is 1. The fourth-order valence-electron chi connectivity index (χ4n) is 1.78. The number of aromatic nitrogens is 1. The third kappa shape index (κ3) is 4.50. The Bertz CT molecular complexity index is 411. The van der Waals surface area contributed by atoms with Crippen LogP contribution in [0.2, 0.25) is 0 Å². The van der Waals surface area contributed by atoms with Gasteiger partial charge in [-0.05, 0) is 19.1 Å². The van der Waals surface area contributed by atoms with Crippen molar-refractivity contribution >= 4 is 11.8 Å². The molecule has 6 nitrogen and oxygen atoms in total. The van der Waals surface area contributed by atoms with Crippen LogP contribution in [-0.2, 0) is 9.47 Å². The quantitative estimate of drug-likeness (QED) is 0.765. The summed E-state index contributed by atoms with van der Waals surface area (Å²) in [5, 5.41) is 8.98. The van der Waals surface area contributed by atoms with Gasteiger partial charge in [-0.15, -0.1) is 0 Å². The Morgan fingerprint density at radius 1 is 1.42 bits per heavy atom. The molecule has 0 aromatic carbocycles. The standard InChI is InChI=1S/C13H20N2O4/c1-10(9-19-3)15(7-8-18-2)12-6-4-5-11(14-12)13(16)17/h4-6,10H,7-9H2,1-3H3,(H,16,17). The van der Waals surface area contributed by atoms with Gasteiger partial charge in [-0.25, -0.2) is 9.78 Å². The number of ether oxygens (including phenoxy) is 2. The van der Waals surface area contributed by atoms with Crippen LogP contribution < -0.4 is 4.90 Å². The van der Waals surface area contributed by atoms with Gasteiger partial charge in [0.25, 0.3) is 0 Å². The molecule has 1 aromatic heterocycles. The average molecular weight is 268 g/mol. The van der Waals surface area contributed by atoms with Crippen LogP contribution in [0.25, 0.3) is 0 Å². The summed E-state index contributed by atoms with van der Waals surface area (Å²) in [4.78, 5) is 17.1. The summed E-state index contributed by atoms with van der Waals surface area (Å²) in [5.74, 6) is -0.422. The van der Waals surface area contributed by atoms with Gasteiger partial charge in [-0.3, -0.25) is 0 Å². The number of carbonyl (C=O) groups is 1. The zero-order valence-corrected chi connectivity index (χ0v) is 11.5. The van der Waals surface area contributed by atoms with Gasteiger partial charge in [0.1, 0.15) is 5.82 Å². The number of hydrogen-bond acceptors (Lipinski definition) is 5. The van der Waals surface area contributed by atoms with E-state index in [2.05, 4.69) is 4.98 Å². The number of carboxylic acids is 1. The molecule has 1 atom stereocenters. The first-order chi connectivity index (χ1) is 9.10. The molecule has 1 rings (SSSR count). The lowest BCUT2D eigenvalue weighted by Gasteiger charge is -2.29. The van der Waals surface area contributed by atoms with Crippen molar-refractivity contribution in [2.24, 2.45) is 0 Å². The zero-order chi connectivity index (χ0) is 14.3. The van der Waals surface area contributed by atoms with Gasteiger partial charge in [-0.2, -0.15) is 0 Å². The maximum atomic E-state index is 11.0. The summed E-state index contributed by atoms with van der Waals surface area (Å²) in [7, 11) is 3.26. The smallest absolute Gasteiger partial charge is 0.354 e. The Hall–Kier alpha value is -1.66. The number of nitrogens with zero attached hydrogens (tertiary/aromatic N) is 2. The van der Waals surface area contributed by atoms with E-state index in [1.54, 1.807) is 26.4 Å². The second kappa shape index (κ2) is 7.70. The monoisotopic (exact) mass is 268 g/mol. The number of pyridine rings is 1. The summed E-state index contributed by atoms with van der Waals surface area (Å²) in [6, 6.07) is 5.03. The number of rotatable bonds is 8. The van der Waals surface area contributed by atoms with E-state index in [0.717, 1.165) is 0 Å². The summed E-state index contributed by atoms with van der Waals surface area (Å²) in [6.45, 7) is 3.68. The molecule has 1 heterocycles. The minimum absolute atomic E-state index is 0.0320. The average Bonchev–Trinajstić information content (AvgIpc) is 2.40. The van der Waals surface area contributed by atoms with Crippen LogP contribution in [0.1, 0.15) is 17.4 Å². The zero-order valence-electron chi connectivity index (χ0n) is 11.5. The molecule has 19 heavy (non-hydrogen) atoms. The molecule has 0 aliphatic rings. The highest BCUT2D eigenvalue weighted by atomic mass is 16.5. The van der Waals surface area contributed by atoms with Crippen LogP contribution in [0.15, 0.2) is 18.2 Å². The molecule has 1 unspecified atom stereocenters. The molecule has 0 radical (unpaired) electrons. The van der Waals surface area contributed by atoms with Crippen molar-refractivity contribution < 1.29 is 19.4 Å². The van der Waals surface area contributed by atoms with E-state index in [1.165, 1.54) is 6.07 Å². The van der Waals surface area contributed by atoms with E-state index in [4.69, 9.17) is 14.6 Å². The van der Waals surface area contributed by atoms with Gasteiger partial charge < -0.3 is 19.5 Å². The Morgan fingerprint density at radius 2 is 2.16 bits per heavy atom. The van der Waals surface area contributed by atoms with Crippen LogP contribution in [0.5, 0.6) is 0 Å². The topological polar surface area (TPSA) is 71.9 Å². The largest absolute Gasteiger partial charge is 0.477 e. The van der Waals surface area contributed by atoms with Gasteiger partial charge in [-0.1, -0.05) is 6.07 Å². The molecule has 0 bridgehead atoms. The second-order valence-corrected chi connectivity index (χ2v) is 4.18. The van der Waals surface area contributed by atoms with Crippen molar-refractivity contribution in [1.82, 2.24) is 4.98 Å². The lowest BCUT2D eigenvalue weighted by Crippen LogP contribution is -2.39. The van der Waals surface area contributed by atoms with Crippen molar-refractivity contribution in [2.45, 2.75) is 13.0 Å². The third-order valence-electron chi connectivity index (χ3n) is 2.72. The van der Waals surface area contributed by atoms with Crippen LogP contribution in [0.4, 0.5) is 5.82 Å². The molecule has 0 amide bonds. The summed E-state index contributed by atoms with van der Waals surface area (Å²) < 4.78 is 10.2. The Morgan fingerprint density at radius 3 is 2.74 bits per heavy atom. The molecule has 1 N–H and O–H groups in total. The Kier molecular flexibility index (Phi) is 6.24. The van der Waals surface area contributed by atoms with Gasteiger partial charge in [0.05, 0.1) is 19.3 Å². The molecular formula is C13H20N2O4. The lowest BCUT2D eigenvalue weighted by atomic mass is 10.2. The highest BCUT2D eigenvalue weighted by Gasteiger charge is 2.17. The first kappa shape index (κ1) is 15.4. The molecule has 0 saturated heterocycles. The summed E-state index contributed by atoms with van der Waals surface area (Å²) in [6.07, 6.45) is 0. The van der Waals surface area contributed by atoms with Crippen LogP contribution in [0, 0.1) is 0 Å². The molecule has 106 valence electrons. The third-order valence-corrected chi connectivity index (χ3v) is 2.72. The van der Waals surface area contributed by atoms with Crippen molar-refractivity contribution in [1.29, 1.82) is 0 Å². The van der Waals surface area contributed by atoms with Crippen molar-refractivity contribution in [2.75, 3.05) is 38.9 Å². The van der Waals surface area contributed by atoms with Crippen molar-refractivity contribution in [3.63, 3.8) is 0 Å². The van der Waals surface area contributed by atoms with Crippen LogP contribution in [0.3, 0.4) is 0 Å². The lowest BCUT2D eigenvalue weighted by molar-refractivity contribution is 0.0690. The SMILES string of the molecule is COCCN(c1cccc(C(=O)O)n1)C(C)COC. The molecule has 6 heteroatoms. The van der Waals surface area contributed by atoms with Crippen LogP contribution >= 0.6 is 0 Å². The van der Waals surface area contributed by atoms with Gasteiger partial charge >= 0.3 is 5.97 Å². The highest BCUT2D eigenvalue weighted by molar-refractivity contribution is 5.85. The van der Waals surface area contributed by atoms with E-state index < -0.39 is 5.97 Å². The molecule has 0 aliphatic heterocycles. The Balaban J connectivity index is 2.95. The van der Waals surface area contributed by atoms with Crippen LogP contribution in [-0.4, -0.2) is 56.1 Å². The second-order valence-electron chi connectivity index (χ2n) is 4.18. The fraction of sp³-hybridized carbons (Fsp3) is 0.538. The number of aromatic carboxylic acids is 1. The fourth-order valence-corrected chi connectivity index (χ4v) is 1.78. The summed E-state index contributed by atoms with van der Waals surface area (Å²) >= 11 is 0. The molecule has 0 saturated carbocycles. The van der Waals surface area contributed by atoms with Crippen molar-refractivity contribution in [3.8, 4) is 0 Å². The Labute approximate surface area is 113 Å².